The SMILES string of the molecule is Cc1c[nH]c2ncc(-c3cc4c(c([C@@H]5COCCN5)c3)CN(C(=O)C(C)(C)O)CC4)cc12. The first kappa shape index (κ1) is 21.1. The van der Waals surface area contributed by atoms with Crippen molar-refractivity contribution in [2.45, 2.75) is 45.4 Å². The Balaban J connectivity index is 1.59. The quantitative estimate of drug-likeness (QED) is 0.590. The number of H-pyrrole nitrogens is 1. The summed E-state index contributed by atoms with van der Waals surface area (Å²) in [6.45, 7) is 8.39. The van der Waals surface area contributed by atoms with E-state index in [2.05, 4.69) is 40.4 Å². The molecule has 4 heterocycles. The number of morpholine rings is 1. The molecule has 168 valence electrons. The van der Waals surface area contributed by atoms with Crippen molar-refractivity contribution in [3.05, 3.63) is 52.8 Å². The summed E-state index contributed by atoms with van der Waals surface area (Å²) in [5, 5.41) is 15.0. The van der Waals surface area contributed by atoms with Gasteiger partial charge in [-0.25, -0.2) is 4.98 Å². The highest BCUT2D eigenvalue weighted by atomic mass is 16.5. The Labute approximate surface area is 187 Å². The number of carbonyl (C=O) groups excluding carboxylic acids is 1. The van der Waals surface area contributed by atoms with Crippen LogP contribution in [0.2, 0.25) is 0 Å². The van der Waals surface area contributed by atoms with Crippen molar-refractivity contribution in [1.82, 2.24) is 20.2 Å². The molecule has 1 fully saturated rings. The number of aryl methyl sites for hydroxylation is 1. The molecule has 2 aromatic heterocycles. The number of hydrogen-bond donors (Lipinski definition) is 3. The van der Waals surface area contributed by atoms with Gasteiger partial charge in [0.2, 0.25) is 0 Å². The maximum Gasteiger partial charge on any atom is 0.254 e. The van der Waals surface area contributed by atoms with Gasteiger partial charge in [0, 0.05) is 43.0 Å². The third-order valence-electron chi connectivity index (χ3n) is 6.56. The van der Waals surface area contributed by atoms with Gasteiger partial charge in [-0.3, -0.25) is 4.79 Å². The average molecular weight is 435 g/mol. The largest absolute Gasteiger partial charge is 0.381 e. The van der Waals surface area contributed by atoms with Gasteiger partial charge in [0.05, 0.1) is 19.3 Å². The first-order valence-electron chi connectivity index (χ1n) is 11.2. The van der Waals surface area contributed by atoms with E-state index >= 15 is 0 Å². The van der Waals surface area contributed by atoms with Gasteiger partial charge in [0.15, 0.2) is 0 Å². The fourth-order valence-corrected chi connectivity index (χ4v) is 4.79. The second-order valence-electron chi connectivity index (χ2n) is 9.41. The molecule has 0 radical (unpaired) electrons. The number of fused-ring (bicyclic) bond motifs is 2. The minimum absolute atomic E-state index is 0.0697. The highest BCUT2D eigenvalue weighted by Gasteiger charge is 2.33. The van der Waals surface area contributed by atoms with Crippen LogP contribution in [0.4, 0.5) is 0 Å². The molecular weight excluding hydrogens is 404 g/mol. The number of aliphatic hydroxyl groups is 1. The molecule has 7 nitrogen and oxygen atoms in total. The summed E-state index contributed by atoms with van der Waals surface area (Å²) in [6, 6.07) is 6.71. The molecule has 3 aromatic rings. The third kappa shape index (κ3) is 3.81. The second kappa shape index (κ2) is 7.99. The van der Waals surface area contributed by atoms with Crippen LogP contribution in [0.3, 0.4) is 0 Å². The monoisotopic (exact) mass is 434 g/mol. The van der Waals surface area contributed by atoms with Gasteiger partial charge in [0.25, 0.3) is 5.91 Å². The van der Waals surface area contributed by atoms with Crippen molar-refractivity contribution in [2.24, 2.45) is 0 Å². The van der Waals surface area contributed by atoms with E-state index in [0.29, 0.717) is 26.3 Å². The molecule has 0 aliphatic carbocycles. The molecule has 0 spiro atoms. The summed E-state index contributed by atoms with van der Waals surface area (Å²) in [4.78, 5) is 22.4. The lowest BCUT2D eigenvalue weighted by Gasteiger charge is -2.36. The molecule has 0 unspecified atom stereocenters. The number of nitrogens with zero attached hydrogens (tertiary/aromatic N) is 2. The van der Waals surface area contributed by atoms with Gasteiger partial charge in [0.1, 0.15) is 11.2 Å². The predicted octanol–water partition coefficient (Wildman–Crippen LogP) is 2.85. The van der Waals surface area contributed by atoms with Crippen molar-refractivity contribution in [2.75, 3.05) is 26.3 Å². The molecular formula is C25H30N4O3. The van der Waals surface area contributed by atoms with Gasteiger partial charge in [-0.05, 0) is 67.1 Å². The summed E-state index contributed by atoms with van der Waals surface area (Å²) < 4.78 is 5.77. The average Bonchev–Trinajstić information content (AvgIpc) is 3.17. The van der Waals surface area contributed by atoms with E-state index in [9.17, 15) is 9.90 Å². The van der Waals surface area contributed by atoms with Crippen molar-refractivity contribution < 1.29 is 14.6 Å². The number of amides is 1. The second-order valence-corrected chi connectivity index (χ2v) is 9.41. The summed E-state index contributed by atoms with van der Waals surface area (Å²) >= 11 is 0. The number of benzene rings is 1. The Morgan fingerprint density at radius 2 is 2.12 bits per heavy atom. The molecule has 1 amide bonds. The van der Waals surface area contributed by atoms with Crippen LogP contribution >= 0.6 is 0 Å². The minimum atomic E-state index is -1.38. The van der Waals surface area contributed by atoms with Gasteiger partial charge in [-0.1, -0.05) is 6.07 Å². The van der Waals surface area contributed by atoms with Crippen molar-refractivity contribution in [3.8, 4) is 11.1 Å². The zero-order chi connectivity index (χ0) is 22.5. The molecule has 3 N–H and O–H groups in total. The van der Waals surface area contributed by atoms with Crippen molar-refractivity contribution in [3.63, 3.8) is 0 Å². The summed E-state index contributed by atoms with van der Waals surface area (Å²) in [5.74, 6) is -0.233. The van der Waals surface area contributed by atoms with E-state index < -0.39 is 5.60 Å². The van der Waals surface area contributed by atoms with Crippen LogP contribution in [0.25, 0.3) is 22.2 Å². The lowest BCUT2D eigenvalue weighted by Crippen LogP contribution is -2.47. The van der Waals surface area contributed by atoms with Crippen LogP contribution in [-0.2, 0) is 22.5 Å². The van der Waals surface area contributed by atoms with Crippen molar-refractivity contribution >= 4 is 16.9 Å². The lowest BCUT2D eigenvalue weighted by molar-refractivity contribution is -0.148. The maximum atomic E-state index is 12.8. The van der Waals surface area contributed by atoms with Gasteiger partial charge in [-0.15, -0.1) is 0 Å². The van der Waals surface area contributed by atoms with Crippen LogP contribution in [0.5, 0.6) is 0 Å². The summed E-state index contributed by atoms with van der Waals surface area (Å²) in [6.07, 6.45) is 4.66. The number of nitrogens with one attached hydrogen (secondary N) is 2. The number of pyridine rings is 1. The van der Waals surface area contributed by atoms with Crippen molar-refractivity contribution in [1.29, 1.82) is 0 Å². The zero-order valence-corrected chi connectivity index (χ0v) is 18.9. The molecule has 1 atom stereocenters. The topological polar surface area (TPSA) is 90.5 Å². The molecule has 1 aromatic carbocycles. The van der Waals surface area contributed by atoms with E-state index in [4.69, 9.17) is 4.74 Å². The Morgan fingerprint density at radius 3 is 2.88 bits per heavy atom. The summed E-state index contributed by atoms with van der Waals surface area (Å²) in [5.41, 5.74) is 6.47. The molecule has 32 heavy (non-hydrogen) atoms. The highest BCUT2D eigenvalue weighted by Crippen LogP contribution is 2.35. The number of aromatic amines is 1. The van der Waals surface area contributed by atoms with Gasteiger partial charge >= 0.3 is 0 Å². The van der Waals surface area contributed by atoms with Gasteiger partial charge < -0.3 is 25.0 Å². The zero-order valence-electron chi connectivity index (χ0n) is 18.9. The number of hydrogen-bond acceptors (Lipinski definition) is 5. The fourth-order valence-electron chi connectivity index (χ4n) is 4.79. The van der Waals surface area contributed by atoms with E-state index in [1.807, 2.05) is 12.4 Å². The molecule has 0 bridgehead atoms. The number of ether oxygens (including phenoxy) is 1. The Hall–Kier alpha value is -2.74. The lowest BCUT2D eigenvalue weighted by atomic mass is 9.87. The maximum absolute atomic E-state index is 12.8. The Bertz CT molecular complexity index is 1170. The normalized spacial score (nSPS) is 19.2. The standard InChI is InChI=1S/C25H30N4O3/c1-15-11-27-23-19(15)10-18(12-28-23)17-8-16-4-6-29(24(30)25(2,3)31)13-21(16)20(9-17)22-14-32-7-5-26-22/h8-12,22,26,31H,4-7,13-14H2,1-3H3,(H,27,28)/t22-/m0/s1. The van der Waals surface area contributed by atoms with E-state index in [1.165, 1.54) is 11.1 Å². The van der Waals surface area contributed by atoms with E-state index in [1.54, 1.807) is 18.7 Å². The fraction of sp³-hybridized carbons (Fsp3) is 0.440. The number of aromatic nitrogens is 2. The first-order chi connectivity index (χ1) is 15.3. The molecule has 1 saturated heterocycles. The van der Waals surface area contributed by atoms with E-state index in [-0.39, 0.29) is 11.9 Å². The predicted molar refractivity (Wildman–Crippen MR) is 123 cm³/mol. The van der Waals surface area contributed by atoms with Crippen LogP contribution in [-0.4, -0.2) is 57.8 Å². The molecule has 0 saturated carbocycles. The first-order valence-corrected chi connectivity index (χ1v) is 11.2. The minimum Gasteiger partial charge on any atom is -0.381 e. The molecule has 2 aliphatic rings. The number of carbonyl (C=O) groups is 1. The highest BCUT2D eigenvalue weighted by molar-refractivity contribution is 5.85. The van der Waals surface area contributed by atoms with Crippen LogP contribution < -0.4 is 5.32 Å². The Morgan fingerprint density at radius 1 is 1.28 bits per heavy atom. The smallest absolute Gasteiger partial charge is 0.254 e. The number of rotatable bonds is 3. The molecule has 5 rings (SSSR count). The van der Waals surface area contributed by atoms with Crippen LogP contribution in [0.1, 0.15) is 42.1 Å². The molecule has 7 heteroatoms. The third-order valence-corrected chi connectivity index (χ3v) is 6.56. The van der Waals surface area contributed by atoms with Gasteiger partial charge in [-0.2, -0.15) is 0 Å². The Kier molecular flexibility index (Phi) is 5.28. The van der Waals surface area contributed by atoms with Crippen LogP contribution in [0, 0.1) is 6.92 Å². The molecule has 2 aliphatic heterocycles. The van der Waals surface area contributed by atoms with Crippen LogP contribution in [0.15, 0.2) is 30.6 Å². The van der Waals surface area contributed by atoms with E-state index in [0.717, 1.165) is 46.3 Å². The summed E-state index contributed by atoms with van der Waals surface area (Å²) in [7, 11) is 0.